The number of piperidine rings is 1. The van der Waals surface area contributed by atoms with Crippen molar-refractivity contribution < 1.29 is 17.9 Å². The van der Waals surface area contributed by atoms with Gasteiger partial charge in [-0.25, -0.2) is 8.42 Å². The van der Waals surface area contributed by atoms with Crippen LogP contribution in [0.15, 0.2) is 21.7 Å². The van der Waals surface area contributed by atoms with Crippen molar-refractivity contribution in [2.45, 2.75) is 55.3 Å². The molecular weight excluding hydrogens is 334 g/mol. The summed E-state index contributed by atoms with van der Waals surface area (Å²) in [7, 11) is -3.40. The van der Waals surface area contributed by atoms with E-state index < -0.39 is 10.0 Å². The van der Waals surface area contributed by atoms with E-state index in [-0.39, 0.29) is 18.0 Å². The number of carbonyl (C=O) groups is 1. The molecule has 1 aromatic heterocycles. The predicted molar refractivity (Wildman–Crippen MR) is 88.8 cm³/mol. The van der Waals surface area contributed by atoms with Gasteiger partial charge in [0.2, 0.25) is 0 Å². The third kappa shape index (κ3) is 3.95. The highest BCUT2D eigenvalue weighted by Crippen LogP contribution is 2.28. The lowest BCUT2D eigenvalue weighted by molar-refractivity contribution is -0.156. The van der Waals surface area contributed by atoms with Gasteiger partial charge in [0.05, 0.1) is 5.92 Å². The quantitative estimate of drug-likeness (QED) is 0.777. The molecule has 0 atom stereocenters. The van der Waals surface area contributed by atoms with Crippen LogP contribution in [0.3, 0.4) is 0 Å². The summed E-state index contributed by atoms with van der Waals surface area (Å²) in [5, 5.41) is 1.77. The Labute approximate surface area is 141 Å². The van der Waals surface area contributed by atoms with E-state index in [1.165, 1.54) is 22.1 Å². The molecule has 7 heteroatoms. The van der Waals surface area contributed by atoms with Crippen LogP contribution in [0.4, 0.5) is 0 Å². The second-order valence-electron chi connectivity index (χ2n) is 6.31. The van der Waals surface area contributed by atoms with Crippen LogP contribution in [0.25, 0.3) is 0 Å². The van der Waals surface area contributed by atoms with Gasteiger partial charge in [-0.3, -0.25) is 4.79 Å². The zero-order chi connectivity index (χ0) is 16.3. The molecule has 5 nitrogen and oxygen atoms in total. The fourth-order valence-electron chi connectivity index (χ4n) is 3.31. The summed E-state index contributed by atoms with van der Waals surface area (Å²) in [6, 6.07) is 3.37. The van der Waals surface area contributed by atoms with E-state index in [9.17, 15) is 13.2 Å². The molecule has 0 unspecified atom stereocenters. The molecule has 2 heterocycles. The third-order valence-electron chi connectivity index (χ3n) is 4.71. The Morgan fingerprint density at radius 3 is 2.43 bits per heavy atom. The smallest absolute Gasteiger partial charge is 0.309 e. The maximum Gasteiger partial charge on any atom is 0.309 e. The first-order valence-electron chi connectivity index (χ1n) is 8.31. The molecule has 23 heavy (non-hydrogen) atoms. The van der Waals surface area contributed by atoms with Crippen LogP contribution in [0.1, 0.15) is 44.9 Å². The molecule has 1 saturated carbocycles. The number of rotatable bonds is 4. The fourth-order valence-corrected chi connectivity index (χ4v) is 5.93. The van der Waals surface area contributed by atoms with Gasteiger partial charge >= 0.3 is 5.97 Å². The molecule has 128 valence electrons. The highest BCUT2D eigenvalue weighted by atomic mass is 32.2. The summed E-state index contributed by atoms with van der Waals surface area (Å²) in [5.41, 5.74) is 0. The monoisotopic (exact) mass is 357 g/mol. The number of esters is 1. The average molecular weight is 357 g/mol. The number of thiophene rings is 1. The van der Waals surface area contributed by atoms with Gasteiger partial charge < -0.3 is 4.74 Å². The first-order chi connectivity index (χ1) is 11.1. The highest BCUT2D eigenvalue weighted by molar-refractivity contribution is 7.91. The van der Waals surface area contributed by atoms with E-state index in [0.717, 1.165) is 25.7 Å². The zero-order valence-corrected chi connectivity index (χ0v) is 14.8. The topological polar surface area (TPSA) is 63.7 Å². The van der Waals surface area contributed by atoms with Crippen LogP contribution in [0.2, 0.25) is 0 Å². The number of nitrogens with zero attached hydrogens (tertiary/aromatic N) is 1. The molecule has 1 aliphatic heterocycles. The fraction of sp³-hybridized carbons (Fsp3) is 0.688. The molecule has 1 saturated heterocycles. The summed E-state index contributed by atoms with van der Waals surface area (Å²) in [6.45, 7) is 0.787. The summed E-state index contributed by atoms with van der Waals surface area (Å²) in [4.78, 5) is 12.3. The maximum atomic E-state index is 12.5. The lowest BCUT2D eigenvalue weighted by atomic mass is 9.96. The Morgan fingerprint density at radius 2 is 1.83 bits per heavy atom. The van der Waals surface area contributed by atoms with Crippen LogP contribution in [-0.2, 0) is 19.6 Å². The Morgan fingerprint density at radius 1 is 1.13 bits per heavy atom. The van der Waals surface area contributed by atoms with E-state index in [1.807, 2.05) is 0 Å². The standard InChI is InChI=1S/C16H23NO4S2/c18-16(21-14-5-2-1-3-6-14)13-8-10-17(11-9-13)23(19,20)15-7-4-12-22-15/h4,7,12-14H,1-3,5-6,8-11H2. The van der Waals surface area contributed by atoms with Crippen LogP contribution in [-0.4, -0.2) is 37.9 Å². The summed E-state index contributed by atoms with van der Waals surface area (Å²) in [5.74, 6) is -0.295. The van der Waals surface area contributed by atoms with Gasteiger partial charge in [0.15, 0.2) is 0 Å². The van der Waals surface area contributed by atoms with Crippen LogP contribution in [0, 0.1) is 5.92 Å². The van der Waals surface area contributed by atoms with Crippen molar-refractivity contribution in [1.82, 2.24) is 4.31 Å². The molecule has 3 rings (SSSR count). The molecule has 2 fully saturated rings. The lowest BCUT2D eigenvalue weighted by Crippen LogP contribution is -2.41. The zero-order valence-electron chi connectivity index (χ0n) is 13.1. The molecule has 1 aliphatic carbocycles. The Hall–Kier alpha value is -0.920. The van der Waals surface area contributed by atoms with E-state index in [4.69, 9.17) is 4.74 Å². The molecule has 0 aromatic carbocycles. The van der Waals surface area contributed by atoms with Gasteiger partial charge in [-0.05, 0) is 50.0 Å². The van der Waals surface area contributed by atoms with E-state index >= 15 is 0 Å². The Kier molecular flexibility index (Phi) is 5.38. The first kappa shape index (κ1) is 16.9. The van der Waals surface area contributed by atoms with Crippen molar-refractivity contribution in [1.29, 1.82) is 0 Å². The van der Waals surface area contributed by atoms with Gasteiger partial charge in [-0.1, -0.05) is 12.5 Å². The molecule has 0 N–H and O–H groups in total. The second-order valence-corrected chi connectivity index (χ2v) is 9.42. The van der Waals surface area contributed by atoms with Crippen molar-refractivity contribution in [3.63, 3.8) is 0 Å². The molecule has 0 spiro atoms. The van der Waals surface area contributed by atoms with Crippen molar-refractivity contribution in [3.05, 3.63) is 17.5 Å². The minimum Gasteiger partial charge on any atom is -0.462 e. The van der Waals surface area contributed by atoms with Gasteiger partial charge in [-0.2, -0.15) is 4.31 Å². The summed E-state index contributed by atoms with van der Waals surface area (Å²) >= 11 is 1.23. The van der Waals surface area contributed by atoms with Crippen LogP contribution >= 0.6 is 11.3 Å². The molecule has 2 aliphatic rings. The minimum atomic E-state index is -3.40. The van der Waals surface area contributed by atoms with Gasteiger partial charge in [0.1, 0.15) is 10.3 Å². The van der Waals surface area contributed by atoms with E-state index in [1.54, 1.807) is 17.5 Å². The molecule has 0 radical (unpaired) electrons. The van der Waals surface area contributed by atoms with Crippen LogP contribution in [0.5, 0.6) is 0 Å². The van der Waals surface area contributed by atoms with Crippen molar-refractivity contribution in [2.75, 3.05) is 13.1 Å². The van der Waals surface area contributed by atoms with Crippen molar-refractivity contribution in [3.8, 4) is 0 Å². The highest BCUT2D eigenvalue weighted by Gasteiger charge is 2.34. The number of sulfonamides is 1. The van der Waals surface area contributed by atoms with Crippen LogP contribution < -0.4 is 0 Å². The normalized spacial score (nSPS) is 22.1. The SMILES string of the molecule is O=C(OC1CCCCC1)C1CCN(S(=O)(=O)c2cccs2)CC1. The van der Waals surface area contributed by atoms with E-state index in [2.05, 4.69) is 0 Å². The molecule has 0 bridgehead atoms. The summed E-state index contributed by atoms with van der Waals surface area (Å²) in [6.07, 6.45) is 6.61. The number of hydrogen-bond acceptors (Lipinski definition) is 5. The number of ether oxygens (including phenoxy) is 1. The Bertz CT molecular complexity index is 613. The minimum absolute atomic E-state index is 0.0733. The third-order valence-corrected chi connectivity index (χ3v) is 7.98. The van der Waals surface area contributed by atoms with Crippen molar-refractivity contribution in [2.24, 2.45) is 5.92 Å². The molecular formula is C16H23NO4S2. The molecule has 1 aromatic rings. The second kappa shape index (κ2) is 7.32. The van der Waals surface area contributed by atoms with Gasteiger partial charge in [-0.15, -0.1) is 11.3 Å². The predicted octanol–water partition coefficient (Wildman–Crippen LogP) is 3.02. The van der Waals surface area contributed by atoms with Gasteiger partial charge in [0, 0.05) is 13.1 Å². The van der Waals surface area contributed by atoms with E-state index in [0.29, 0.717) is 30.1 Å². The lowest BCUT2D eigenvalue weighted by Gasteiger charge is -2.31. The molecule has 0 amide bonds. The van der Waals surface area contributed by atoms with Crippen molar-refractivity contribution >= 4 is 27.3 Å². The number of hydrogen-bond donors (Lipinski definition) is 0. The summed E-state index contributed by atoms with van der Waals surface area (Å²) < 4.78 is 32.4. The average Bonchev–Trinajstić information content (AvgIpc) is 3.11. The number of carbonyl (C=O) groups excluding carboxylic acids is 1. The maximum absolute atomic E-state index is 12.5. The first-order valence-corrected chi connectivity index (χ1v) is 10.6. The Balaban J connectivity index is 1.53. The van der Waals surface area contributed by atoms with Gasteiger partial charge in [0.25, 0.3) is 10.0 Å². The largest absolute Gasteiger partial charge is 0.462 e.